The van der Waals surface area contributed by atoms with E-state index >= 15 is 0 Å². The van der Waals surface area contributed by atoms with E-state index in [9.17, 15) is 4.79 Å². The summed E-state index contributed by atoms with van der Waals surface area (Å²) < 4.78 is 16.5. The van der Waals surface area contributed by atoms with Gasteiger partial charge < -0.3 is 13.9 Å². The Kier molecular flexibility index (Phi) is 4.06. The van der Waals surface area contributed by atoms with Crippen molar-refractivity contribution in [2.75, 3.05) is 14.2 Å². The molecule has 0 amide bonds. The maximum atomic E-state index is 12.4. The minimum atomic E-state index is -0.0926. The maximum Gasteiger partial charge on any atom is 0.193 e. The van der Waals surface area contributed by atoms with Crippen LogP contribution >= 0.6 is 0 Å². The molecule has 2 aromatic carbocycles. The van der Waals surface area contributed by atoms with Crippen LogP contribution < -0.4 is 14.9 Å². The Labute approximate surface area is 134 Å². The first-order valence-electron chi connectivity index (χ1n) is 7.38. The zero-order chi connectivity index (χ0) is 16.4. The maximum absolute atomic E-state index is 12.4. The van der Waals surface area contributed by atoms with Gasteiger partial charge in [-0.1, -0.05) is 37.3 Å². The van der Waals surface area contributed by atoms with E-state index in [-0.39, 0.29) is 11.3 Å². The van der Waals surface area contributed by atoms with Crippen LogP contribution in [0.5, 0.6) is 11.5 Å². The van der Waals surface area contributed by atoms with Crippen LogP contribution in [0.2, 0.25) is 0 Å². The normalized spacial score (nSPS) is 12.1. The lowest BCUT2D eigenvalue weighted by Crippen LogP contribution is -2.06. The molecule has 1 aromatic heterocycles. The topological polar surface area (TPSA) is 48.7 Å². The molecule has 0 aliphatic rings. The highest BCUT2D eigenvalue weighted by Gasteiger charge is 2.16. The van der Waals surface area contributed by atoms with Crippen molar-refractivity contribution < 1.29 is 13.9 Å². The summed E-state index contributed by atoms with van der Waals surface area (Å²) in [5.41, 5.74) is 1.49. The quantitative estimate of drug-likeness (QED) is 0.732. The highest BCUT2D eigenvalue weighted by molar-refractivity contribution is 5.81. The Bertz CT molecular complexity index is 881. The summed E-state index contributed by atoms with van der Waals surface area (Å²) in [6, 6.07) is 14.8. The van der Waals surface area contributed by atoms with E-state index in [2.05, 4.69) is 0 Å². The lowest BCUT2D eigenvalue weighted by molar-refractivity contribution is 0.355. The fourth-order valence-electron chi connectivity index (χ4n) is 2.62. The lowest BCUT2D eigenvalue weighted by Gasteiger charge is -2.13. The van der Waals surface area contributed by atoms with Gasteiger partial charge in [0.2, 0.25) is 0 Å². The van der Waals surface area contributed by atoms with Gasteiger partial charge in [-0.15, -0.1) is 0 Å². The van der Waals surface area contributed by atoms with Gasteiger partial charge in [0.15, 0.2) is 16.9 Å². The molecule has 0 aliphatic heterocycles. The molecule has 118 valence electrons. The zero-order valence-electron chi connectivity index (χ0n) is 13.3. The summed E-state index contributed by atoms with van der Waals surface area (Å²) >= 11 is 0. The van der Waals surface area contributed by atoms with Gasteiger partial charge in [0.25, 0.3) is 0 Å². The van der Waals surface area contributed by atoms with Crippen molar-refractivity contribution in [3.8, 4) is 11.5 Å². The van der Waals surface area contributed by atoms with Gasteiger partial charge in [0.05, 0.1) is 19.6 Å². The zero-order valence-corrected chi connectivity index (χ0v) is 13.3. The number of benzene rings is 2. The number of hydrogen-bond donors (Lipinski definition) is 0. The molecule has 1 heterocycles. The summed E-state index contributed by atoms with van der Waals surface area (Å²) in [4.78, 5) is 12.4. The van der Waals surface area contributed by atoms with Crippen molar-refractivity contribution in [2.45, 2.75) is 12.8 Å². The molecule has 1 unspecified atom stereocenters. The average molecular weight is 310 g/mol. The van der Waals surface area contributed by atoms with E-state index < -0.39 is 0 Å². The van der Waals surface area contributed by atoms with Crippen molar-refractivity contribution >= 4 is 11.0 Å². The van der Waals surface area contributed by atoms with Crippen LogP contribution in [0.3, 0.4) is 0 Å². The van der Waals surface area contributed by atoms with Crippen molar-refractivity contribution in [3.63, 3.8) is 0 Å². The second-order valence-electron chi connectivity index (χ2n) is 5.35. The van der Waals surface area contributed by atoms with E-state index in [1.807, 2.05) is 37.3 Å². The number of hydrogen-bond acceptors (Lipinski definition) is 4. The third kappa shape index (κ3) is 2.80. The van der Waals surface area contributed by atoms with Gasteiger partial charge in [-0.05, 0) is 11.6 Å². The molecular weight excluding hydrogens is 292 g/mol. The van der Waals surface area contributed by atoms with E-state index in [1.165, 1.54) is 7.11 Å². The predicted octanol–water partition coefficient (Wildman–Crippen LogP) is 3.96. The summed E-state index contributed by atoms with van der Waals surface area (Å²) in [6.07, 6.45) is 0. The molecule has 23 heavy (non-hydrogen) atoms. The molecular formula is C19H18O4. The third-order valence-corrected chi connectivity index (χ3v) is 3.98. The second kappa shape index (κ2) is 6.16. The fourth-order valence-corrected chi connectivity index (χ4v) is 2.62. The minimum absolute atomic E-state index is 0.0126. The smallest absolute Gasteiger partial charge is 0.193 e. The Balaban J connectivity index is 2.16. The first kappa shape index (κ1) is 15.2. The monoisotopic (exact) mass is 310 g/mol. The van der Waals surface area contributed by atoms with Crippen LogP contribution in [-0.2, 0) is 0 Å². The highest BCUT2D eigenvalue weighted by atomic mass is 16.5. The molecule has 3 rings (SSSR count). The van der Waals surface area contributed by atoms with Crippen molar-refractivity contribution in [3.05, 3.63) is 70.1 Å². The first-order valence-corrected chi connectivity index (χ1v) is 7.38. The molecule has 0 spiro atoms. The molecule has 0 saturated carbocycles. The van der Waals surface area contributed by atoms with E-state index in [0.717, 1.165) is 5.56 Å². The summed E-state index contributed by atoms with van der Waals surface area (Å²) in [6.45, 7) is 2.01. The highest BCUT2D eigenvalue weighted by Crippen LogP contribution is 2.32. The van der Waals surface area contributed by atoms with E-state index in [0.29, 0.717) is 28.2 Å². The summed E-state index contributed by atoms with van der Waals surface area (Å²) in [5.74, 6) is 1.66. The molecule has 0 fully saturated rings. The summed E-state index contributed by atoms with van der Waals surface area (Å²) in [5, 5.41) is 0.478. The molecule has 1 atom stereocenters. The van der Waals surface area contributed by atoms with Gasteiger partial charge in [-0.3, -0.25) is 4.79 Å². The van der Waals surface area contributed by atoms with Crippen molar-refractivity contribution in [2.24, 2.45) is 0 Å². The number of fused-ring (bicyclic) bond motifs is 1. The SMILES string of the molecule is COc1cc2oc(C(C)c3ccccc3)cc(=O)c2cc1OC. The van der Waals surface area contributed by atoms with Gasteiger partial charge >= 0.3 is 0 Å². The van der Waals surface area contributed by atoms with Gasteiger partial charge in [0, 0.05) is 18.1 Å². The molecule has 4 heteroatoms. The lowest BCUT2D eigenvalue weighted by atomic mass is 9.98. The summed E-state index contributed by atoms with van der Waals surface area (Å²) in [7, 11) is 3.09. The Morgan fingerprint density at radius 2 is 1.61 bits per heavy atom. The van der Waals surface area contributed by atoms with Crippen LogP contribution in [-0.4, -0.2) is 14.2 Å². The largest absolute Gasteiger partial charge is 0.493 e. The number of ether oxygens (including phenoxy) is 2. The number of methoxy groups -OCH3 is 2. The first-order chi connectivity index (χ1) is 11.1. The molecule has 4 nitrogen and oxygen atoms in total. The van der Waals surface area contributed by atoms with Crippen LogP contribution in [0, 0.1) is 0 Å². The van der Waals surface area contributed by atoms with Crippen LogP contribution in [0.1, 0.15) is 24.2 Å². The van der Waals surface area contributed by atoms with Crippen LogP contribution in [0.4, 0.5) is 0 Å². The van der Waals surface area contributed by atoms with Crippen molar-refractivity contribution in [1.29, 1.82) is 0 Å². The van der Waals surface area contributed by atoms with Gasteiger partial charge in [-0.2, -0.15) is 0 Å². The van der Waals surface area contributed by atoms with E-state index in [4.69, 9.17) is 13.9 Å². The second-order valence-corrected chi connectivity index (χ2v) is 5.35. The Morgan fingerprint density at radius 1 is 0.957 bits per heavy atom. The Morgan fingerprint density at radius 3 is 2.26 bits per heavy atom. The molecule has 0 N–H and O–H groups in total. The molecule has 0 radical (unpaired) electrons. The van der Waals surface area contributed by atoms with Gasteiger partial charge in [0.1, 0.15) is 11.3 Å². The molecule has 0 aliphatic carbocycles. The standard InChI is InChI=1S/C19H18O4/c1-12(13-7-5-4-6-8-13)16-10-15(20)14-9-18(21-2)19(22-3)11-17(14)23-16/h4-12H,1-3H3. The minimum Gasteiger partial charge on any atom is -0.493 e. The predicted molar refractivity (Wildman–Crippen MR) is 89.5 cm³/mol. The number of rotatable bonds is 4. The molecule has 0 saturated heterocycles. The van der Waals surface area contributed by atoms with Gasteiger partial charge in [-0.25, -0.2) is 0 Å². The van der Waals surface area contributed by atoms with E-state index in [1.54, 1.807) is 25.3 Å². The van der Waals surface area contributed by atoms with Crippen LogP contribution in [0.25, 0.3) is 11.0 Å². The third-order valence-electron chi connectivity index (χ3n) is 3.98. The fraction of sp³-hybridized carbons (Fsp3) is 0.211. The Hall–Kier alpha value is -2.75. The molecule has 3 aromatic rings. The average Bonchev–Trinajstić information content (AvgIpc) is 2.60. The molecule has 0 bridgehead atoms. The van der Waals surface area contributed by atoms with Crippen molar-refractivity contribution in [1.82, 2.24) is 0 Å². The van der Waals surface area contributed by atoms with Crippen LogP contribution in [0.15, 0.2) is 57.7 Å².